The number of ether oxygens (including phenoxy) is 1. The Labute approximate surface area is 160 Å². The predicted octanol–water partition coefficient (Wildman–Crippen LogP) is 5.12. The highest BCUT2D eigenvalue weighted by Crippen LogP contribution is 2.31. The fourth-order valence-corrected chi connectivity index (χ4v) is 3.00. The Morgan fingerprint density at radius 1 is 1.11 bits per heavy atom. The number of hydrogen-bond acceptors (Lipinski definition) is 5. The first kappa shape index (κ1) is 18.7. The zero-order valence-corrected chi connectivity index (χ0v) is 15.9. The smallest absolute Gasteiger partial charge is 0.161 e. The molecule has 3 aromatic rings. The number of nitrogens with zero attached hydrogens (tertiary/aromatic N) is 2. The van der Waals surface area contributed by atoms with E-state index in [1.54, 1.807) is 30.6 Å². The molecule has 0 unspecified atom stereocenters. The van der Waals surface area contributed by atoms with Gasteiger partial charge >= 0.3 is 0 Å². The number of phenolic OH excluding ortho intramolecular Hbond substituents is 1. The van der Waals surface area contributed by atoms with Crippen LogP contribution in [0.3, 0.4) is 0 Å². The van der Waals surface area contributed by atoms with Crippen molar-refractivity contribution in [2.75, 3.05) is 12.4 Å². The number of methoxy groups -OCH3 is 1. The normalized spacial score (nSPS) is 11.8. The van der Waals surface area contributed by atoms with Crippen molar-refractivity contribution in [3.8, 4) is 22.8 Å². The topological polar surface area (TPSA) is 67.3 Å². The van der Waals surface area contributed by atoms with Gasteiger partial charge in [0.05, 0.1) is 31.2 Å². The van der Waals surface area contributed by atoms with E-state index in [1.165, 1.54) is 18.2 Å². The van der Waals surface area contributed by atoms with Crippen LogP contribution in [-0.4, -0.2) is 22.2 Å². The van der Waals surface area contributed by atoms with Crippen molar-refractivity contribution in [3.05, 3.63) is 66.0 Å². The molecule has 5 heteroatoms. The second-order valence-electron chi connectivity index (χ2n) is 6.57. The first-order valence-electron chi connectivity index (χ1n) is 9.13. The molecule has 0 aliphatic rings. The van der Waals surface area contributed by atoms with Crippen molar-refractivity contribution in [2.24, 2.45) is 0 Å². The molecule has 2 aromatic carbocycles. The van der Waals surface area contributed by atoms with Gasteiger partial charge in [-0.15, -0.1) is 0 Å². The van der Waals surface area contributed by atoms with E-state index in [-0.39, 0.29) is 11.8 Å². The van der Waals surface area contributed by atoms with Crippen molar-refractivity contribution in [1.29, 1.82) is 0 Å². The second kappa shape index (κ2) is 8.54. The number of benzene rings is 2. The number of nitrogens with one attached hydrogen (secondary N) is 1. The van der Waals surface area contributed by atoms with Crippen LogP contribution in [-0.2, 0) is 0 Å². The zero-order valence-electron chi connectivity index (χ0n) is 15.9. The summed E-state index contributed by atoms with van der Waals surface area (Å²) < 4.78 is 5.19. The average molecular weight is 363 g/mol. The first-order valence-corrected chi connectivity index (χ1v) is 9.13. The van der Waals surface area contributed by atoms with Gasteiger partial charge in [-0.05, 0) is 37.1 Å². The minimum absolute atomic E-state index is 0.103. The SMILES string of the molecule is CCC[C@@H](Nc1cncc(-c2ccc(O)c(OC)c2)n1)c1ccc(C)cc1. The van der Waals surface area contributed by atoms with Crippen LogP contribution in [0.1, 0.15) is 36.9 Å². The van der Waals surface area contributed by atoms with Crippen LogP contribution >= 0.6 is 0 Å². The summed E-state index contributed by atoms with van der Waals surface area (Å²) in [7, 11) is 1.53. The molecule has 0 spiro atoms. The Morgan fingerprint density at radius 2 is 1.89 bits per heavy atom. The molecule has 0 radical (unpaired) electrons. The third-order valence-corrected chi connectivity index (χ3v) is 4.49. The van der Waals surface area contributed by atoms with Gasteiger partial charge in [-0.25, -0.2) is 4.98 Å². The van der Waals surface area contributed by atoms with Gasteiger partial charge in [-0.3, -0.25) is 4.98 Å². The molecule has 140 valence electrons. The maximum absolute atomic E-state index is 9.79. The van der Waals surface area contributed by atoms with Crippen molar-refractivity contribution >= 4 is 5.82 Å². The highest BCUT2D eigenvalue weighted by atomic mass is 16.5. The fourth-order valence-electron chi connectivity index (χ4n) is 3.00. The summed E-state index contributed by atoms with van der Waals surface area (Å²) >= 11 is 0. The summed E-state index contributed by atoms with van der Waals surface area (Å²) in [4.78, 5) is 9.03. The molecule has 1 aromatic heterocycles. The molecule has 0 aliphatic carbocycles. The number of anilines is 1. The Kier molecular flexibility index (Phi) is 5.91. The second-order valence-corrected chi connectivity index (χ2v) is 6.57. The van der Waals surface area contributed by atoms with Crippen LogP contribution in [0, 0.1) is 6.92 Å². The van der Waals surface area contributed by atoms with Crippen LogP contribution < -0.4 is 10.1 Å². The number of aryl methyl sites for hydroxylation is 1. The van der Waals surface area contributed by atoms with Gasteiger partial charge in [0.15, 0.2) is 11.5 Å². The number of phenols is 1. The maximum Gasteiger partial charge on any atom is 0.161 e. The van der Waals surface area contributed by atoms with Crippen molar-refractivity contribution < 1.29 is 9.84 Å². The molecular formula is C22H25N3O2. The molecule has 1 heterocycles. The van der Waals surface area contributed by atoms with Gasteiger partial charge in [0.2, 0.25) is 0 Å². The predicted molar refractivity (Wildman–Crippen MR) is 108 cm³/mol. The van der Waals surface area contributed by atoms with Crippen molar-refractivity contribution in [2.45, 2.75) is 32.7 Å². The van der Waals surface area contributed by atoms with Crippen LogP contribution in [0.25, 0.3) is 11.3 Å². The Bertz CT molecular complexity index is 894. The molecule has 0 saturated carbocycles. The lowest BCUT2D eigenvalue weighted by molar-refractivity contribution is 0.373. The molecule has 2 N–H and O–H groups in total. The first-order chi connectivity index (χ1) is 13.1. The lowest BCUT2D eigenvalue weighted by Gasteiger charge is -2.19. The molecule has 0 amide bonds. The molecule has 0 aliphatic heterocycles. The summed E-state index contributed by atoms with van der Waals surface area (Å²) in [6.07, 6.45) is 5.51. The van der Waals surface area contributed by atoms with Gasteiger partial charge in [0.1, 0.15) is 5.82 Å². The highest BCUT2D eigenvalue weighted by molar-refractivity contribution is 5.64. The third kappa shape index (κ3) is 4.56. The maximum atomic E-state index is 9.79. The van der Waals surface area contributed by atoms with Crippen LogP contribution in [0.4, 0.5) is 5.82 Å². The summed E-state index contributed by atoms with van der Waals surface area (Å²) in [5.41, 5.74) is 4.04. The van der Waals surface area contributed by atoms with Crippen LogP contribution in [0.15, 0.2) is 54.9 Å². The standard InChI is InChI=1S/C22H25N3O2/c1-4-5-18(16-8-6-15(2)7-9-16)24-22-14-23-13-19(25-22)17-10-11-20(26)21(12-17)27-3/h6-14,18,26H,4-5H2,1-3H3,(H,24,25)/t18-/m1/s1. The summed E-state index contributed by atoms with van der Waals surface area (Å²) in [6, 6.07) is 13.9. The van der Waals surface area contributed by atoms with E-state index in [0.29, 0.717) is 5.75 Å². The Morgan fingerprint density at radius 3 is 2.59 bits per heavy atom. The summed E-state index contributed by atoms with van der Waals surface area (Å²) in [6.45, 7) is 4.26. The van der Waals surface area contributed by atoms with E-state index < -0.39 is 0 Å². The highest BCUT2D eigenvalue weighted by Gasteiger charge is 2.13. The number of rotatable bonds is 7. The number of aromatic nitrogens is 2. The average Bonchev–Trinajstić information content (AvgIpc) is 2.69. The third-order valence-electron chi connectivity index (χ3n) is 4.49. The summed E-state index contributed by atoms with van der Waals surface area (Å²) in [5, 5.41) is 13.3. The Hall–Kier alpha value is -3.08. The molecule has 5 nitrogen and oxygen atoms in total. The largest absolute Gasteiger partial charge is 0.504 e. The minimum atomic E-state index is 0.103. The monoisotopic (exact) mass is 363 g/mol. The van der Waals surface area contributed by atoms with Crippen molar-refractivity contribution in [3.63, 3.8) is 0 Å². The van der Waals surface area contributed by atoms with E-state index >= 15 is 0 Å². The van der Waals surface area contributed by atoms with E-state index in [2.05, 4.69) is 48.4 Å². The van der Waals surface area contributed by atoms with E-state index in [0.717, 1.165) is 29.9 Å². The lowest BCUT2D eigenvalue weighted by Crippen LogP contribution is -2.12. The molecule has 27 heavy (non-hydrogen) atoms. The molecule has 0 fully saturated rings. The Balaban J connectivity index is 1.86. The van der Waals surface area contributed by atoms with Gasteiger partial charge < -0.3 is 15.2 Å². The fraction of sp³-hybridized carbons (Fsp3) is 0.273. The van der Waals surface area contributed by atoms with Crippen LogP contribution in [0.2, 0.25) is 0 Å². The molecule has 1 atom stereocenters. The van der Waals surface area contributed by atoms with Crippen molar-refractivity contribution in [1.82, 2.24) is 9.97 Å². The van der Waals surface area contributed by atoms with Gasteiger partial charge in [-0.1, -0.05) is 43.2 Å². The molecular weight excluding hydrogens is 338 g/mol. The quantitative estimate of drug-likeness (QED) is 0.610. The summed E-state index contributed by atoms with van der Waals surface area (Å²) in [5.74, 6) is 1.24. The molecule has 0 saturated heterocycles. The van der Waals surface area contributed by atoms with Crippen LogP contribution in [0.5, 0.6) is 11.5 Å². The van der Waals surface area contributed by atoms with E-state index in [1.807, 2.05) is 0 Å². The lowest BCUT2D eigenvalue weighted by atomic mass is 10.0. The van der Waals surface area contributed by atoms with Gasteiger partial charge in [0.25, 0.3) is 0 Å². The van der Waals surface area contributed by atoms with Gasteiger partial charge in [-0.2, -0.15) is 0 Å². The minimum Gasteiger partial charge on any atom is -0.504 e. The van der Waals surface area contributed by atoms with E-state index in [9.17, 15) is 5.11 Å². The molecule has 0 bridgehead atoms. The van der Waals surface area contributed by atoms with E-state index in [4.69, 9.17) is 9.72 Å². The molecule has 3 rings (SSSR count). The zero-order chi connectivity index (χ0) is 19.2. The number of hydrogen-bond donors (Lipinski definition) is 2. The number of aromatic hydroxyl groups is 1. The van der Waals surface area contributed by atoms with Gasteiger partial charge in [0, 0.05) is 5.56 Å².